The standard InChI is InChI=1S/C14H21N3O3/c1-4-16(5-2)9-8-15-13-7-6-12(11(3)18)10-14(13)17(19)20/h6-7,10,15H,4-5,8-9H2,1-3H3. The Kier molecular flexibility index (Phi) is 6.11. The molecule has 0 saturated carbocycles. The van der Waals surface area contributed by atoms with Crippen molar-refractivity contribution in [3.8, 4) is 0 Å². The first-order valence-electron chi connectivity index (χ1n) is 6.75. The van der Waals surface area contributed by atoms with Crippen LogP contribution in [-0.2, 0) is 0 Å². The third kappa shape index (κ3) is 4.31. The monoisotopic (exact) mass is 279 g/mol. The highest BCUT2D eigenvalue weighted by atomic mass is 16.6. The number of nitrogens with zero attached hydrogens (tertiary/aromatic N) is 2. The lowest BCUT2D eigenvalue weighted by Gasteiger charge is -2.18. The molecule has 1 N–H and O–H groups in total. The minimum absolute atomic E-state index is 0.0581. The van der Waals surface area contributed by atoms with Crippen molar-refractivity contribution in [2.45, 2.75) is 20.8 Å². The van der Waals surface area contributed by atoms with Crippen LogP contribution in [0.1, 0.15) is 31.1 Å². The molecule has 1 aromatic carbocycles. The van der Waals surface area contributed by atoms with Crippen molar-refractivity contribution in [3.63, 3.8) is 0 Å². The van der Waals surface area contributed by atoms with Gasteiger partial charge >= 0.3 is 0 Å². The molecule has 0 bridgehead atoms. The summed E-state index contributed by atoms with van der Waals surface area (Å²) < 4.78 is 0. The van der Waals surface area contributed by atoms with Crippen molar-refractivity contribution in [1.82, 2.24) is 4.90 Å². The number of carbonyl (C=O) groups excluding carboxylic acids is 1. The maximum absolute atomic E-state index is 11.3. The van der Waals surface area contributed by atoms with Crippen molar-refractivity contribution in [3.05, 3.63) is 33.9 Å². The predicted octanol–water partition coefficient (Wildman–Crippen LogP) is 2.55. The van der Waals surface area contributed by atoms with Gasteiger partial charge in [0.2, 0.25) is 0 Å². The molecule has 6 heteroatoms. The zero-order valence-electron chi connectivity index (χ0n) is 12.2. The van der Waals surface area contributed by atoms with Crippen LogP contribution >= 0.6 is 0 Å². The zero-order chi connectivity index (χ0) is 15.1. The Bertz CT molecular complexity index is 485. The number of hydrogen-bond acceptors (Lipinski definition) is 5. The molecule has 0 aliphatic heterocycles. The number of hydrogen-bond donors (Lipinski definition) is 1. The number of nitrogens with one attached hydrogen (secondary N) is 1. The lowest BCUT2D eigenvalue weighted by atomic mass is 10.1. The van der Waals surface area contributed by atoms with E-state index in [4.69, 9.17) is 0 Å². The second kappa shape index (κ2) is 7.59. The molecule has 1 aromatic rings. The number of likely N-dealkylation sites (N-methyl/N-ethyl adjacent to an activating group) is 1. The molecule has 20 heavy (non-hydrogen) atoms. The Hall–Kier alpha value is -1.95. The van der Waals surface area contributed by atoms with Crippen molar-refractivity contribution in [2.24, 2.45) is 0 Å². The van der Waals surface area contributed by atoms with Crippen molar-refractivity contribution in [2.75, 3.05) is 31.5 Å². The van der Waals surface area contributed by atoms with Crippen LogP contribution in [0.4, 0.5) is 11.4 Å². The van der Waals surface area contributed by atoms with E-state index in [1.54, 1.807) is 12.1 Å². The molecule has 0 radical (unpaired) electrons. The lowest BCUT2D eigenvalue weighted by molar-refractivity contribution is -0.384. The summed E-state index contributed by atoms with van der Waals surface area (Å²) >= 11 is 0. The van der Waals surface area contributed by atoms with E-state index in [1.807, 2.05) is 0 Å². The van der Waals surface area contributed by atoms with E-state index in [2.05, 4.69) is 24.1 Å². The van der Waals surface area contributed by atoms with Gasteiger partial charge in [-0.05, 0) is 32.1 Å². The molecular weight excluding hydrogens is 258 g/mol. The van der Waals surface area contributed by atoms with Gasteiger partial charge in [-0.2, -0.15) is 0 Å². The van der Waals surface area contributed by atoms with Gasteiger partial charge in [0.15, 0.2) is 5.78 Å². The largest absolute Gasteiger partial charge is 0.378 e. The van der Waals surface area contributed by atoms with Gasteiger partial charge in [-0.1, -0.05) is 13.8 Å². The Balaban J connectivity index is 2.79. The summed E-state index contributed by atoms with van der Waals surface area (Å²) in [5.74, 6) is -0.178. The minimum Gasteiger partial charge on any atom is -0.378 e. The Morgan fingerprint density at radius 1 is 1.35 bits per heavy atom. The fourth-order valence-electron chi connectivity index (χ4n) is 1.94. The number of rotatable bonds is 8. The highest BCUT2D eigenvalue weighted by molar-refractivity contribution is 5.95. The molecule has 0 aliphatic rings. The third-order valence-corrected chi connectivity index (χ3v) is 3.24. The summed E-state index contributed by atoms with van der Waals surface area (Å²) in [6, 6.07) is 4.52. The highest BCUT2D eigenvalue weighted by Gasteiger charge is 2.15. The summed E-state index contributed by atoms with van der Waals surface area (Å²) in [7, 11) is 0. The van der Waals surface area contributed by atoms with Gasteiger partial charge in [0.25, 0.3) is 5.69 Å². The van der Waals surface area contributed by atoms with E-state index >= 15 is 0 Å². The molecule has 0 amide bonds. The number of Topliss-reactive ketones (excluding diaryl/α,β-unsaturated/α-hetero) is 1. The maximum Gasteiger partial charge on any atom is 0.293 e. The van der Waals surface area contributed by atoms with E-state index in [0.717, 1.165) is 19.6 Å². The van der Waals surface area contributed by atoms with E-state index in [9.17, 15) is 14.9 Å². The predicted molar refractivity (Wildman–Crippen MR) is 79.4 cm³/mol. The van der Waals surface area contributed by atoms with Crippen LogP contribution in [0.25, 0.3) is 0 Å². The summed E-state index contributed by atoms with van der Waals surface area (Å²) in [6.07, 6.45) is 0. The van der Waals surface area contributed by atoms with Gasteiger partial charge in [0.1, 0.15) is 5.69 Å². The van der Waals surface area contributed by atoms with Crippen LogP contribution in [0.15, 0.2) is 18.2 Å². The fraction of sp³-hybridized carbons (Fsp3) is 0.500. The SMILES string of the molecule is CCN(CC)CCNc1ccc(C(C)=O)cc1[N+](=O)[O-]. The Labute approximate surface area is 118 Å². The highest BCUT2D eigenvalue weighted by Crippen LogP contribution is 2.25. The normalized spacial score (nSPS) is 10.6. The van der Waals surface area contributed by atoms with Crippen LogP contribution in [0.5, 0.6) is 0 Å². The molecule has 0 aliphatic carbocycles. The minimum atomic E-state index is -0.466. The zero-order valence-corrected chi connectivity index (χ0v) is 12.2. The Morgan fingerprint density at radius 3 is 2.50 bits per heavy atom. The molecule has 6 nitrogen and oxygen atoms in total. The lowest BCUT2D eigenvalue weighted by Crippen LogP contribution is -2.28. The van der Waals surface area contributed by atoms with Crippen LogP contribution in [0, 0.1) is 10.1 Å². The molecular formula is C14H21N3O3. The molecule has 0 heterocycles. The Morgan fingerprint density at radius 2 is 2.00 bits per heavy atom. The first-order valence-corrected chi connectivity index (χ1v) is 6.75. The smallest absolute Gasteiger partial charge is 0.293 e. The van der Waals surface area contributed by atoms with Gasteiger partial charge in [-0.25, -0.2) is 0 Å². The van der Waals surface area contributed by atoms with Gasteiger partial charge in [0, 0.05) is 24.7 Å². The van der Waals surface area contributed by atoms with Gasteiger partial charge in [-0.3, -0.25) is 14.9 Å². The summed E-state index contributed by atoms with van der Waals surface area (Å²) in [5.41, 5.74) is 0.746. The van der Waals surface area contributed by atoms with Crippen molar-refractivity contribution < 1.29 is 9.72 Å². The number of ketones is 1. The van der Waals surface area contributed by atoms with E-state index in [1.165, 1.54) is 13.0 Å². The number of nitro groups is 1. The van der Waals surface area contributed by atoms with E-state index < -0.39 is 4.92 Å². The third-order valence-electron chi connectivity index (χ3n) is 3.24. The molecule has 0 saturated heterocycles. The molecule has 0 fully saturated rings. The summed E-state index contributed by atoms with van der Waals surface area (Å²) in [5, 5.41) is 14.1. The topological polar surface area (TPSA) is 75.5 Å². The second-order valence-corrected chi connectivity index (χ2v) is 4.50. The van der Waals surface area contributed by atoms with Crippen LogP contribution in [0.2, 0.25) is 0 Å². The first-order chi connectivity index (χ1) is 9.49. The van der Waals surface area contributed by atoms with Gasteiger partial charge < -0.3 is 10.2 Å². The van der Waals surface area contributed by atoms with Crippen LogP contribution < -0.4 is 5.32 Å². The fourth-order valence-corrected chi connectivity index (χ4v) is 1.94. The van der Waals surface area contributed by atoms with Crippen LogP contribution in [0.3, 0.4) is 0 Å². The van der Waals surface area contributed by atoms with Gasteiger partial charge in [0.05, 0.1) is 4.92 Å². The second-order valence-electron chi connectivity index (χ2n) is 4.50. The molecule has 0 atom stereocenters. The number of benzene rings is 1. The summed E-state index contributed by atoms with van der Waals surface area (Å²) in [4.78, 5) is 24.1. The average molecular weight is 279 g/mol. The molecule has 0 aromatic heterocycles. The quantitative estimate of drug-likeness (QED) is 0.449. The molecule has 110 valence electrons. The molecule has 0 unspecified atom stereocenters. The molecule has 0 spiro atoms. The number of anilines is 1. The van der Waals surface area contributed by atoms with Crippen molar-refractivity contribution >= 4 is 17.2 Å². The van der Waals surface area contributed by atoms with E-state index in [-0.39, 0.29) is 11.5 Å². The average Bonchev–Trinajstić information content (AvgIpc) is 2.43. The first kappa shape index (κ1) is 16.1. The summed E-state index contributed by atoms with van der Waals surface area (Å²) in [6.45, 7) is 8.89. The van der Waals surface area contributed by atoms with E-state index in [0.29, 0.717) is 17.8 Å². The van der Waals surface area contributed by atoms with Gasteiger partial charge in [-0.15, -0.1) is 0 Å². The maximum atomic E-state index is 11.3. The molecule has 1 rings (SSSR count). The van der Waals surface area contributed by atoms with Crippen LogP contribution in [-0.4, -0.2) is 41.8 Å². The number of carbonyl (C=O) groups is 1. The van der Waals surface area contributed by atoms with Crippen molar-refractivity contribution in [1.29, 1.82) is 0 Å². The number of nitro benzene ring substituents is 1.